The normalized spacial score (nSPS) is 32.4. The number of nitrogens with zero attached hydrogens (tertiary/aromatic N) is 2. The van der Waals surface area contributed by atoms with Crippen molar-refractivity contribution in [3.8, 4) is 0 Å². The van der Waals surface area contributed by atoms with E-state index in [4.69, 9.17) is 0 Å². The molecule has 7 nitrogen and oxygen atoms in total. The van der Waals surface area contributed by atoms with Gasteiger partial charge in [-0.25, -0.2) is 4.79 Å². The van der Waals surface area contributed by atoms with Gasteiger partial charge in [-0.05, 0) is 43.6 Å². The Bertz CT molecular complexity index is 643. The maximum absolute atomic E-state index is 12.6. The Morgan fingerprint density at radius 3 is 3.04 bits per heavy atom. The molecule has 1 saturated carbocycles. The molecule has 23 heavy (non-hydrogen) atoms. The standard InChI is InChI=1S/C16H22N4O3/c21-14(22)16-6-2-4-11(16)8-20(9-16)15(23)18-12-5-1-3-10-7-17-19-13(10)12/h7,11-12H,1-6,8-9H2,(H,17,19)(H,18,23)(H,21,22)/t11-,12?,16+/m0/s1. The monoisotopic (exact) mass is 318 g/mol. The molecule has 1 aromatic heterocycles. The molecule has 2 aliphatic carbocycles. The summed E-state index contributed by atoms with van der Waals surface area (Å²) in [5.74, 6) is -0.649. The van der Waals surface area contributed by atoms with Gasteiger partial charge in [0.15, 0.2) is 0 Å². The summed E-state index contributed by atoms with van der Waals surface area (Å²) in [5, 5.41) is 19.8. The Morgan fingerprint density at radius 1 is 1.39 bits per heavy atom. The highest BCUT2D eigenvalue weighted by Crippen LogP contribution is 2.48. The summed E-state index contributed by atoms with van der Waals surface area (Å²) in [7, 11) is 0. The number of aromatic nitrogens is 2. The van der Waals surface area contributed by atoms with Crippen molar-refractivity contribution in [1.82, 2.24) is 20.4 Å². The topological polar surface area (TPSA) is 98.3 Å². The van der Waals surface area contributed by atoms with Crippen LogP contribution in [0.1, 0.15) is 49.4 Å². The van der Waals surface area contributed by atoms with E-state index in [2.05, 4.69) is 15.5 Å². The van der Waals surface area contributed by atoms with Crippen LogP contribution in [0.5, 0.6) is 0 Å². The number of carboxylic acid groups (broad SMARTS) is 1. The van der Waals surface area contributed by atoms with Crippen LogP contribution in [-0.4, -0.2) is 45.3 Å². The Hall–Kier alpha value is -2.05. The number of likely N-dealkylation sites (tertiary alicyclic amines) is 1. The third-order valence-corrected chi connectivity index (χ3v) is 5.92. The van der Waals surface area contributed by atoms with Gasteiger partial charge < -0.3 is 15.3 Å². The lowest BCUT2D eigenvalue weighted by atomic mass is 9.81. The Balaban J connectivity index is 1.47. The van der Waals surface area contributed by atoms with Crippen molar-refractivity contribution >= 4 is 12.0 Å². The van der Waals surface area contributed by atoms with E-state index in [0.717, 1.165) is 37.8 Å². The molecule has 0 aromatic carbocycles. The van der Waals surface area contributed by atoms with Gasteiger partial charge in [0.2, 0.25) is 0 Å². The molecule has 4 rings (SSSR count). The van der Waals surface area contributed by atoms with Crippen molar-refractivity contribution in [3.05, 3.63) is 17.5 Å². The summed E-state index contributed by atoms with van der Waals surface area (Å²) in [6, 6.07) is -0.192. The summed E-state index contributed by atoms with van der Waals surface area (Å²) in [6.45, 7) is 0.891. The van der Waals surface area contributed by atoms with Crippen molar-refractivity contribution < 1.29 is 14.7 Å². The minimum Gasteiger partial charge on any atom is -0.481 e. The summed E-state index contributed by atoms with van der Waals surface area (Å²) in [6.07, 6.45) is 7.28. The lowest BCUT2D eigenvalue weighted by Gasteiger charge is -2.27. The van der Waals surface area contributed by atoms with Gasteiger partial charge in [-0.3, -0.25) is 9.89 Å². The summed E-state index contributed by atoms with van der Waals surface area (Å²) < 4.78 is 0. The van der Waals surface area contributed by atoms with Crippen molar-refractivity contribution in [1.29, 1.82) is 0 Å². The van der Waals surface area contributed by atoms with Crippen LogP contribution in [0, 0.1) is 11.3 Å². The molecule has 1 aromatic rings. The van der Waals surface area contributed by atoms with Gasteiger partial charge >= 0.3 is 12.0 Å². The molecule has 124 valence electrons. The Labute approximate surface area is 134 Å². The van der Waals surface area contributed by atoms with Gasteiger partial charge in [0.05, 0.1) is 23.3 Å². The predicted octanol–water partition coefficient (Wildman–Crippen LogP) is 1.68. The summed E-state index contributed by atoms with van der Waals surface area (Å²) in [5.41, 5.74) is 1.45. The summed E-state index contributed by atoms with van der Waals surface area (Å²) >= 11 is 0. The van der Waals surface area contributed by atoms with E-state index < -0.39 is 11.4 Å². The zero-order valence-electron chi connectivity index (χ0n) is 13.0. The van der Waals surface area contributed by atoms with Crippen LogP contribution in [0.3, 0.4) is 0 Å². The molecule has 1 unspecified atom stereocenters. The molecular weight excluding hydrogens is 296 g/mol. The summed E-state index contributed by atoms with van der Waals surface area (Å²) in [4.78, 5) is 26.0. The van der Waals surface area contributed by atoms with E-state index in [9.17, 15) is 14.7 Å². The first-order valence-electron chi connectivity index (χ1n) is 8.41. The molecule has 3 N–H and O–H groups in total. The molecule has 3 atom stereocenters. The number of H-pyrrole nitrogens is 1. The number of amides is 2. The van der Waals surface area contributed by atoms with Crippen LogP contribution in [0.15, 0.2) is 6.20 Å². The molecule has 1 aliphatic heterocycles. The molecule has 0 spiro atoms. The largest absolute Gasteiger partial charge is 0.481 e. The minimum atomic E-state index is -0.746. The molecule has 3 aliphatic rings. The second kappa shape index (κ2) is 5.25. The number of fused-ring (bicyclic) bond motifs is 2. The average Bonchev–Trinajstić information content (AvgIpc) is 3.21. The molecule has 2 heterocycles. The van der Waals surface area contributed by atoms with Gasteiger partial charge in [-0.15, -0.1) is 0 Å². The lowest BCUT2D eigenvalue weighted by molar-refractivity contribution is -0.149. The highest BCUT2D eigenvalue weighted by molar-refractivity contribution is 5.80. The van der Waals surface area contributed by atoms with Crippen LogP contribution in [0.4, 0.5) is 4.79 Å². The third kappa shape index (κ3) is 2.21. The first kappa shape index (κ1) is 14.5. The van der Waals surface area contributed by atoms with E-state index in [1.165, 1.54) is 5.56 Å². The van der Waals surface area contributed by atoms with Crippen LogP contribution in [0.2, 0.25) is 0 Å². The number of carboxylic acids is 1. The van der Waals surface area contributed by atoms with Gasteiger partial charge in [0, 0.05) is 13.1 Å². The molecule has 0 bridgehead atoms. The first-order chi connectivity index (χ1) is 11.1. The first-order valence-corrected chi connectivity index (χ1v) is 8.41. The number of carbonyl (C=O) groups is 2. The Morgan fingerprint density at radius 2 is 2.26 bits per heavy atom. The minimum absolute atomic E-state index is 0.0463. The van der Waals surface area contributed by atoms with Crippen molar-refractivity contribution in [2.24, 2.45) is 11.3 Å². The smallest absolute Gasteiger partial charge is 0.317 e. The number of carbonyl (C=O) groups excluding carboxylic acids is 1. The van der Waals surface area contributed by atoms with Crippen LogP contribution in [0.25, 0.3) is 0 Å². The third-order valence-electron chi connectivity index (χ3n) is 5.92. The number of urea groups is 1. The van der Waals surface area contributed by atoms with E-state index in [1.54, 1.807) is 4.90 Å². The highest BCUT2D eigenvalue weighted by atomic mass is 16.4. The zero-order chi connectivity index (χ0) is 16.0. The molecule has 7 heteroatoms. The fraction of sp³-hybridized carbons (Fsp3) is 0.688. The SMILES string of the molecule is O=C(NC1CCCc2cn[nH]c21)N1C[C@@H]2CCC[C@@]2(C(=O)O)C1. The van der Waals surface area contributed by atoms with Gasteiger partial charge in [0.25, 0.3) is 0 Å². The van der Waals surface area contributed by atoms with Crippen molar-refractivity contribution in [3.63, 3.8) is 0 Å². The zero-order valence-corrected chi connectivity index (χ0v) is 13.0. The molecule has 0 radical (unpaired) electrons. The molecule has 2 fully saturated rings. The van der Waals surface area contributed by atoms with Gasteiger partial charge in [-0.2, -0.15) is 5.10 Å². The van der Waals surface area contributed by atoms with Crippen LogP contribution >= 0.6 is 0 Å². The predicted molar refractivity (Wildman–Crippen MR) is 81.8 cm³/mol. The quantitative estimate of drug-likeness (QED) is 0.772. The van der Waals surface area contributed by atoms with E-state index >= 15 is 0 Å². The molecular formula is C16H22N4O3. The maximum atomic E-state index is 12.6. The number of hydrogen-bond acceptors (Lipinski definition) is 3. The van der Waals surface area contributed by atoms with Gasteiger partial charge in [0.1, 0.15) is 0 Å². The van der Waals surface area contributed by atoms with E-state index in [-0.39, 0.29) is 18.0 Å². The van der Waals surface area contributed by atoms with Crippen molar-refractivity contribution in [2.45, 2.75) is 44.6 Å². The number of aliphatic carboxylic acids is 1. The molecule has 1 saturated heterocycles. The van der Waals surface area contributed by atoms with Gasteiger partial charge in [-0.1, -0.05) is 6.42 Å². The average molecular weight is 318 g/mol. The van der Waals surface area contributed by atoms with E-state index in [0.29, 0.717) is 19.5 Å². The highest BCUT2D eigenvalue weighted by Gasteiger charge is 2.55. The number of rotatable bonds is 2. The number of nitrogens with one attached hydrogen (secondary N) is 2. The van der Waals surface area contributed by atoms with Crippen molar-refractivity contribution in [2.75, 3.05) is 13.1 Å². The fourth-order valence-corrected chi connectivity index (χ4v) is 4.64. The number of hydrogen-bond donors (Lipinski definition) is 3. The fourth-order valence-electron chi connectivity index (χ4n) is 4.64. The van der Waals surface area contributed by atoms with Crippen LogP contribution in [-0.2, 0) is 11.2 Å². The second-order valence-electron chi connectivity index (χ2n) is 7.13. The maximum Gasteiger partial charge on any atom is 0.317 e. The lowest BCUT2D eigenvalue weighted by Crippen LogP contribution is -2.43. The van der Waals surface area contributed by atoms with Crippen LogP contribution < -0.4 is 5.32 Å². The number of aryl methyl sites for hydroxylation is 1. The molecule has 2 amide bonds. The Kier molecular flexibility index (Phi) is 3.32. The van der Waals surface area contributed by atoms with E-state index in [1.807, 2.05) is 6.20 Å². The number of aromatic amines is 1. The second-order valence-corrected chi connectivity index (χ2v) is 7.13.